The molecule has 10 aromatic rings. The minimum absolute atomic E-state index is 0.488. The van der Waals surface area contributed by atoms with Gasteiger partial charge in [-0.3, -0.25) is 9.97 Å². The lowest BCUT2D eigenvalue weighted by molar-refractivity contribution is 1.05. The van der Waals surface area contributed by atoms with E-state index in [2.05, 4.69) is 113 Å². The SMILES string of the molecule is c1ccc(-c2cc(-c3ccc(-c4ccc(-c5nc(-c6ccccn6)nc(-c6ccccn6)n5)c5ccccc45)c4ccccc34)nc(-c3ccccc3)n2)cc1. The zero-order valence-corrected chi connectivity index (χ0v) is 30.0. The van der Waals surface area contributed by atoms with E-state index in [-0.39, 0.29) is 0 Å². The summed E-state index contributed by atoms with van der Waals surface area (Å²) < 4.78 is 0. The van der Waals surface area contributed by atoms with E-state index in [0.717, 1.165) is 66.3 Å². The molecule has 4 heterocycles. The Kier molecular flexibility index (Phi) is 8.35. The average Bonchev–Trinajstić information content (AvgIpc) is 3.29. The molecule has 0 amide bonds. The van der Waals surface area contributed by atoms with Crippen molar-refractivity contribution in [2.75, 3.05) is 0 Å². The van der Waals surface area contributed by atoms with Gasteiger partial charge in [-0.15, -0.1) is 0 Å². The lowest BCUT2D eigenvalue weighted by Gasteiger charge is -2.16. The number of nitrogens with zero attached hydrogens (tertiary/aromatic N) is 7. The normalized spacial score (nSPS) is 11.2. The van der Waals surface area contributed by atoms with Crippen LogP contribution in [0.5, 0.6) is 0 Å². The Balaban J connectivity index is 1.14. The summed E-state index contributed by atoms with van der Waals surface area (Å²) in [7, 11) is 0. The second-order valence-corrected chi connectivity index (χ2v) is 13.3. The van der Waals surface area contributed by atoms with Gasteiger partial charge in [0.1, 0.15) is 11.4 Å². The fraction of sp³-hybridized carbons (Fsp3) is 0. The van der Waals surface area contributed by atoms with Gasteiger partial charge >= 0.3 is 0 Å². The van der Waals surface area contributed by atoms with Crippen LogP contribution in [0.15, 0.2) is 188 Å². The first-order valence-corrected chi connectivity index (χ1v) is 18.4. The van der Waals surface area contributed by atoms with Crippen LogP contribution >= 0.6 is 0 Å². The maximum absolute atomic E-state index is 5.17. The van der Waals surface area contributed by atoms with Gasteiger partial charge in [0.2, 0.25) is 0 Å². The van der Waals surface area contributed by atoms with Crippen molar-refractivity contribution in [2.24, 2.45) is 0 Å². The van der Waals surface area contributed by atoms with Crippen LogP contribution in [-0.4, -0.2) is 34.9 Å². The fourth-order valence-electron chi connectivity index (χ4n) is 7.26. The van der Waals surface area contributed by atoms with Gasteiger partial charge in [-0.1, -0.05) is 140 Å². The van der Waals surface area contributed by atoms with Crippen molar-refractivity contribution in [1.29, 1.82) is 0 Å². The van der Waals surface area contributed by atoms with Crippen LogP contribution in [0.25, 0.3) is 101 Å². The summed E-state index contributed by atoms with van der Waals surface area (Å²) in [6.45, 7) is 0. The van der Waals surface area contributed by atoms with Crippen molar-refractivity contribution in [1.82, 2.24) is 34.9 Å². The van der Waals surface area contributed by atoms with Crippen LogP contribution in [0, 0.1) is 0 Å². The number of aromatic nitrogens is 7. The highest BCUT2D eigenvalue weighted by Gasteiger charge is 2.19. The maximum Gasteiger partial charge on any atom is 0.182 e. The molecule has 7 heteroatoms. The maximum atomic E-state index is 5.17. The smallest absolute Gasteiger partial charge is 0.182 e. The van der Waals surface area contributed by atoms with Crippen molar-refractivity contribution in [2.45, 2.75) is 0 Å². The van der Waals surface area contributed by atoms with Crippen molar-refractivity contribution in [3.05, 3.63) is 188 Å². The van der Waals surface area contributed by atoms with Gasteiger partial charge in [0.25, 0.3) is 0 Å². The number of benzene rings is 6. The second kappa shape index (κ2) is 14.2. The number of pyridine rings is 2. The molecule has 262 valence electrons. The molecule has 0 bridgehead atoms. The minimum Gasteiger partial charge on any atom is -0.253 e. The minimum atomic E-state index is 0.488. The summed E-state index contributed by atoms with van der Waals surface area (Å²) in [4.78, 5) is 34.1. The summed E-state index contributed by atoms with van der Waals surface area (Å²) in [6, 6.07) is 59.7. The number of fused-ring (bicyclic) bond motifs is 2. The first kappa shape index (κ1) is 32.8. The van der Waals surface area contributed by atoms with Gasteiger partial charge in [-0.25, -0.2) is 24.9 Å². The molecule has 0 fully saturated rings. The second-order valence-electron chi connectivity index (χ2n) is 13.3. The molecule has 0 N–H and O–H groups in total. The van der Waals surface area contributed by atoms with Crippen LogP contribution < -0.4 is 0 Å². The zero-order valence-electron chi connectivity index (χ0n) is 30.0. The monoisotopic (exact) mass is 717 g/mol. The molecule has 56 heavy (non-hydrogen) atoms. The lowest BCUT2D eigenvalue weighted by Crippen LogP contribution is -2.02. The van der Waals surface area contributed by atoms with E-state index in [1.165, 1.54) is 0 Å². The van der Waals surface area contributed by atoms with Crippen LogP contribution in [0.1, 0.15) is 0 Å². The summed E-state index contributed by atoms with van der Waals surface area (Å²) in [5.74, 6) is 2.21. The first-order valence-electron chi connectivity index (χ1n) is 18.4. The molecule has 0 spiro atoms. The third-order valence-corrected chi connectivity index (χ3v) is 9.91. The Morgan fingerprint density at radius 3 is 1.23 bits per heavy atom. The fourth-order valence-corrected chi connectivity index (χ4v) is 7.26. The quantitative estimate of drug-likeness (QED) is 0.162. The highest BCUT2D eigenvalue weighted by Crippen LogP contribution is 2.41. The van der Waals surface area contributed by atoms with Crippen molar-refractivity contribution >= 4 is 21.5 Å². The van der Waals surface area contributed by atoms with Gasteiger partial charge in [-0.2, -0.15) is 0 Å². The predicted molar refractivity (Wildman–Crippen MR) is 224 cm³/mol. The van der Waals surface area contributed by atoms with Gasteiger partial charge in [0.15, 0.2) is 23.3 Å². The molecule has 0 aliphatic rings. The van der Waals surface area contributed by atoms with Crippen LogP contribution in [-0.2, 0) is 0 Å². The molecule has 0 saturated heterocycles. The molecule has 0 aliphatic heterocycles. The zero-order chi connectivity index (χ0) is 37.3. The number of rotatable bonds is 7. The van der Waals surface area contributed by atoms with E-state index in [4.69, 9.17) is 24.9 Å². The standard InChI is InChI=1S/C49H31N7/c1-3-15-32(16-4-1)44-31-45(53-46(52-44)33-17-5-2-6-18-33)40-27-25-38(34-19-7-9-21-36(34)40)39-26-28-41(37-22-10-8-20-35(37)39)47-54-48(42-23-11-13-29-50-42)56-49(55-47)43-24-12-14-30-51-43/h1-31H. The number of hydrogen-bond donors (Lipinski definition) is 0. The van der Waals surface area contributed by atoms with Crippen LogP contribution in [0.3, 0.4) is 0 Å². The Hall–Kier alpha value is -7.77. The summed E-state index contributed by atoms with van der Waals surface area (Å²) in [5.41, 5.74) is 9.23. The third kappa shape index (κ3) is 6.13. The summed E-state index contributed by atoms with van der Waals surface area (Å²) in [6.07, 6.45) is 3.49. The van der Waals surface area contributed by atoms with Gasteiger partial charge in [-0.05, 0) is 69.1 Å². The first-order chi connectivity index (χ1) is 27.8. The van der Waals surface area contributed by atoms with Crippen LogP contribution in [0.4, 0.5) is 0 Å². The van der Waals surface area contributed by atoms with Crippen molar-refractivity contribution < 1.29 is 0 Å². The van der Waals surface area contributed by atoms with E-state index in [1.807, 2.05) is 72.8 Å². The molecule has 0 atom stereocenters. The van der Waals surface area contributed by atoms with E-state index < -0.39 is 0 Å². The highest BCUT2D eigenvalue weighted by molar-refractivity contribution is 6.11. The summed E-state index contributed by atoms with van der Waals surface area (Å²) in [5, 5.41) is 4.34. The van der Waals surface area contributed by atoms with Gasteiger partial charge in [0.05, 0.1) is 11.4 Å². The third-order valence-electron chi connectivity index (χ3n) is 9.91. The molecular weight excluding hydrogens is 687 g/mol. The molecule has 0 unspecified atom stereocenters. The topological polar surface area (TPSA) is 90.2 Å². The van der Waals surface area contributed by atoms with E-state index in [1.54, 1.807) is 12.4 Å². The molecule has 0 saturated carbocycles. The Morgan fingerprint density at radius 2 is 0.679 bits per heavy atom. The molecule has 0 aliphatic carbocycles. The molecular formula is C49H31N7. The van der Waals surface area contributed by atoms with Crippen molar-refractivity contribution in [3.63, 3.8) is 0 Å². The average molecular weight is 718 g/mol. The number of hydrogen-bond acceptors (Lipinski definition) is 7. The highest BCUT2D eigenvalue weighted by atomic mass is 15.1. The van der Waals surface area contributed by atoms with Crippen molar-refractivity contribution in [3.8, 4) is 79.5 Å². The van der Waals surface area contributed by atoms with Gasteiger partial charge < -0.3 is 0 Å². The molecule has 0 radical (unpaired) electrons. The van der Waals surface area contributed by atoms with E-state index in [9.17, 15) is 0 Å². The molecule has 6 aromatic carbocycles. The van der Waals surface area contributed by atoms with E-state index in [0.29, 0.717) is 34.7 Å². The molecule has 4 aromatic heterocycles. The Bertz CT molecular complexity index is 2690. The van der Waals surface area contributed by atoms with Gasteiger partial charge in [0, 0.05) is 34.6 Å². The van der Waals surface area contributed by atoms with E-state index >= 15 is 0 Å². The Morgan fingerprint density at radius 1 is 0.250 bits per heavy atom. The van der Waals surface area contributed by atoms with Crippen LogP contribution in [0.2, 0.25) is 0 Å². The Labute approximate surface area is 323 Å². The molecule has 7 nitrogen and oxygen atoms in total. The lowest BCUT2D eigenvalue weighted by atomic mass is 9.89. The molecule has 10 rings (SSSR count). The predicted octanol–water partition coefficient (Wildman–Crippen LogP) is 11.4. The largest absolute Gasteiger partial charge is 0.253 e. The summed E-state index contributed by atoms with van der Waals surface area (Å²) >= 11 is 0.